The minimum absolute atomic E-state index is 0. The molecular formula is C12H18IN3O. The van der Waals surface area contributed by atoms with Crippen LogP contribution in [0.1, 0.15) is 25.0 Å². The molecule has 2 fully saturated rings. The molecule has 1 spiro atoms. The summed E-state index contributed by atoms with van der Waals surface area (Å²) in [5.41, 5.74) is 0.655. The van der Waals surface area contributed by atoms with Crippen molar-refractivity contribution in [2.24, 2.45) is 10.4 Å². The summed E-state index contributed by atoms with van der Waals surface area (Å²) in [5.74, 6) is 1.81. The molecule has 5 heteroatoms. The molecule has 1 heterocycles. The number of hydrogen-bond donors (Lipinski definition) is 2. The van der Waals surface area contributed by atoms with Crippen molar-refractivity contribution in [3.8, 4) is 0 Å². The van der Waals surface area contributed by atoms with Gasteiger partial charge in [-0.2, -0.15) is 0 Å². The Labute approximate surface area is 118 Å². The molecule has 17 heavy (non-hydrogen) atoms. The highest BCUT2D eigenvalue weighted by Crippen LogP contribution is 2.65. The fourth-order valence-corrected chi connectivity index (χ4v) is 2.21. The van der Waals surface area contributed by atoms with E-state index in [0.29, 0.717) is 18.0 Å². The summed E-state index contributed by atoms with van der Waals surface area (Å²) in [4.78, 5) is 4.21. The highest BCUT2D eigenvalue weighted by Gasteiger charge is 2.63. The van der Waals surface area contributed by atoms with Crippen LogP contribution in [0.15, 0.2) is 27.8 Å². The second-order valence-electron chi connectivity index (χ2n) is 4.77. The number of nitrogens with zero attached hydrogens (tertiary/aromatic N) is 1. The van der Waals surface area contributed by atoms with E-state index in [1.165, 1.54) is 19.3 Å². The summed E-state index contributed by atoms with van der Waals surface area (Å²) < 4.78 is 5.26. The summed E-state index contributed by atoms with van der Waals surface area (Å²) in [6.45, 7) is 0.687. The zero-order valence-corrected chi connectivity index (χ0v) is 12.2. The van der Waals surface area contributed by atoms with Gasteiger partial charge in [0.1, 0.15) is 5.76 Å². The lowest BCUT2D eigenvalue weighted by Crippen LogP contribution is -2.38. The van der Waals surface area contributed by atoms with E-state index in [0.717, 1.165) is 11.7 Å². The minimum atomic E-state index is 0. The zero-order chi connectivity index (χ0) is 11.0. The predicted octanol–water partition coefficient (Wildman–Crippen LogP) is 2.12. The second-order valence-corrected chi connectivity index (χ2v) is 4.77. The molecule has 1 unspecified atom stereocenters. The number of rotatable bonds is 3. The molecule has 0 radical (unpaired) electrons. The van der Waals surface area contributed by atoms with Crippen LogP contribution in [0.25, 0.3) is 0 Å². The Kier molecular flexibility index (Phi) is 3.65. The van der Waals surface area contributed by atoms with E-state index in [2.05, 4.69) is 15.6 Å². The lowest BCUT2D eigenvalue weighted by molar-refractivity contribution is 0.501. The summed E-state index contributed by atoms with van der Waals surface area (Å²) >= 11 is 0. The lowest BCUT2D eigenvalue weighted by atomic mass is 10.4. The van der Waals surface area contributed by atoms with E-state index in [9.17, 15) is 0 Å². The highest BCUT2D eigenvalue weighted by molar-refractivity contribution is 14.0. The van der Waals surface area contributed by atoms with E-state index in [-0.39, 0.29) is 24.0 Å². The van der Waals surface area contributed by atoms with E-state index in [4.69, 9.17) is 4.42 Å². The maximum absolute atomic E-state index is 5.26. The molecule has 2 aliphatic carbocycles. The first kappa shape index (κ1) is 12.7. The first-order valence-electron chi connectivity index (χ1n) is 5.82. The van der Waals surface area contributed by atoms with Gasteiger partial charge in [-0.3, -0.25) is 4.99 Å². The van der Waals surface area contributed by atoms with Crippen LogP contribution in [0.4, 0.5) is 0 Å². The first-order chi connectivity index (χ1) is 7.82. The Bertz CT molecular complexity index is 398. The van der Waals surface area contributed by atoms with Gasteiger partial charge in [-0.05, 0) is 36.8 Å². The van der Waals surface area contributed by atoms with Gasteiger partial charge in [-0.25, -0.2) is 0 Å². The largest absolute Gasteiger partial charge is 0.467 e. The molecule has 0 amide bonds. The Balaban J connectivity index is 0.00000108. The van der Waals surface area contributed by atoms with Crippen LogP contribution >= 0.6 is 24.0 Å². The normalized spacial score (nSPS) is 24.1. The highest BCUT2D eigenvalue weighted by atomic mass is 127. The van der Waals surface area contributed by atoms with Gasteiger partial charge in [0.05, 0.1) is 12.8 Å². The summed E-state index contributed by atoms with van der Waals surface area (Å²) in [6, 6.07) is 4.50. The molecule has 2 aliphatic rings. The molecule has 0 saturated heterocycles. The van der Waals surface area contributed by atoms with Gasteiger partial charge in [0, 0.05) is 13.1 Å². The van der Waals surface area contributed by atoms with Crippen molar-refractivity contribution in [2.75, 3.05) is 7.05 Å². The third kappa shape index (κ3) is 2.75. The third-order valence-electron chi connectivity index (χ3n) is 3.63. The number of hydrogen-bond acceptors (Lipinski definition) is 2. The molecule has 2 N–H and O–H groups in total. The van der Waals surface area contributed by atoms with E-state index < -0.39 is 0 Å². The monoisotopic (exact) mass is 347 g/mol. The third-order valence-corrected chi connectivity index (χ3v) is 3.63. The Morgan fingerprint density at radius 1 is 1.59 bits per heavy atom. The molecule has 1 atom stereocenters. The van der Waals surface area contributed by atoms with Crippen molar-refractivity contribution in [2.45, 2.75) is 31.8 Å². The van der Waals surface area contributed by atoms with Crippen LogP contribution in [-0.2, 0) is 6.54 Å². The zero-order valence-electron chi connectivity index (χ0n) is 9.90. The average molecular weight is 347 g/mol. The number of nitrogens with one attached hydrogen (secondary N) is 2. The average Bonchev–Trinajstić information content (AvgIpc) is 3.15. The first-order valence-corrected chi connectivity index (χ1v) is 5.82. The molecule has 0 aromatic carbocycles. The summed E-state index contributed by atoms with van der Waals surface area (Å²) in [5, 5.41) is 6.71. The second kappa shape index (κ2) is 4.88. The van der Waals surface area contributed by atoms with E-state index in [1.807, 2.05) is 12.1 Å². The van der Waals surface area contributed by atoms with Crippen molar-refractivity contribution >= 4 is 29.9 Å². The number of halogens is 1. The Hall–Kier alpha value is -0.720. The van der Waals surface area contributed by atoms with Gasteiger partial charge in [-0.1, -0.05) is 0 Å². The molecule has 1 aromatic heterocycles. The van der Waals surface area contributed by atoms with Gasteiger partial charge in [0.2, 0.25) is 0 Å². The molecule has 2 saturated carbocycles. The van der Waals surface area contributed by atoms with E-state index >= 15 is 0 Å². The molecular weight excluding hydrogens is 329 g/mol. The topological polar surface area (TPSA) is 49.6 Å². The number of furan rings is 1. The molecule has 3 rings (SSSR count). The maximum Gasteiger partial charge on any atom is 0.191 e. The van der Waals surface area contributed by atoms with Gasteiger partial charge < -0.3 is 15.1 Å². The lowest BCUT2D eigenvalue weighted by Gasteiger charge is -2.10. The van der Waals surface area contributed by atoms with Gasteiger partial charge in [0.25, 0.3) is 0 Å². The molecule has 0 aliphatic heterocycles. The summed E-state index contributed by atoms with van der Waals surface area (Å²) in [7, 11) is 1.80. The van der Waals surface area contributed by atoms with Crippen LogP contribution in [0.5, 0.6) is 0 Å². The van der Waals surface area contributed by atoms with Gasteiger partial charge in [-0.15, -0.1) is 24.0 Å². The Morgan fingerprint density at radius 3 is 2.94 bits per heavy atom. The van der Waals surface area contributed by atoms with Crippen LogP contribution < -0.4 is 10.6 Å². The van der Waals surface area contributed by atoms with Crippen molar-refractivity contribution in [3.05, 3.63) is 24.2 Å². The molecule has 0 bridgehead atoms. The van der Waals surface area contributed by atoms with Gasteiger partial charge in [0.15, 0.2) is 5.96 Å². The van der Waals surface area contributed by atoms with E-state index in [1.54, 1.807) is 13.3 Å². The van der Waals surface area contributed by atoms with Crippen molar-refractivity contribution < 1.29 is 4.42 Å². The maximum atomic E-state index is 5.26. The van der Waals surface area contributed by atoms with Crippen molar-refractivity contribution in [3.63, 3.8) is 0 Å². The van der Waals surface area contributed by atoms with Crippen LogP contribution in [0, 0.1) is 5.41 Å². The van der Waals surface area contributed by atoms with Crippen LogP contribution in [0.3, 0.4) is 0 Å². The SMILES string of the molecule is CN=C(NCc1ccco1)NC1CC12CC2.I. The Morgan fingerprint density at radius 2 is 2.41 bits per heavy atom. The standard InChI is InChI=1S/C12H17N3O.HI/c1-13-11(14-8-9-3-2-6-16-9)15-10-7-12(10)4-5-12;/h2-3,6,10H,4-5,7-8H2,1H3,(H2,13,14,15);1H. The fourth-order valence-electron chi connectivity index (χ4n) is 2.21. The molecule has 94 valence electrons. The van der Waals surface area contributed by atoms with Crippen LogP contribution in [0.2, 0.25) is 0 Å². The summed E-state index contributed by atoms with van der Waals surface area (Å²) in [6.07, 6.45) is 5.78. The molecule has 1 aromatic rings. The predicted molar refractivity (Wildman–Crippen MR) is 77.5 cm³/mol. The smallest absolute Gasteiger partial charge is 0.191 e. The van der Waals surface area contributed by atoms with Crippen LogP contribution in [-0.4, -0.2) is 19.0 Å². The number of aliphatic imine (C=N–C) groups is 1. The van der Waals surface area contributed by atoms with Crippen molar-refractivity contribution in [1.29, 1.82) is 0 Å². The molecule has 4 nitrogen and oxygen atoms in total. The van der Waals surface area contributed by atoms with Crippen molar-refractivity contribution in [1.82, 2.24) is 10.6 Å². The quantitative estimate of drug-likeness (QED) is 0.500. The minimum Gasteiger partial charge on any atom is -0.467 e. The fraction of sp³-hybridized carbons (Fsp3) is 0.583. The van der Waals surface area contributed by atoms with Gasteiger partial charge >= 0.3 is 0 Å². The number of guanidine groups is 1.